The predicted molar refractivity (Wildman–Crippen MR) is 77.0 cm³/mol. The third-order valence-corrected chi connectivity index (χ3v) is 3.86. The molecule has 0 unspecified atom stereocenters. The minimum absolute atomic E-state index is 0.00693. The number of alkyl halides is 3. The topological polar surface area (TPSA) is 44.7 Å². The van der Waals surface area contributed by atoms with Crippen molar-refractivity contribution < 1.29 is 23.0 Å². The molecule has 124 valence electrons. The molecule has 0 radical (unpaired) electrons. The number of nitrogens with one attached hydrogen (secondary N) is 1. The molecule has 1 aliphatic rings. The van der Waals surface area contributed by atoms with Crippen LogP contribution in [0.25, 0.3) is 0 Å². The second-order valence-corrected chi connectivity index (χ2v) is 5.46. The Balaban J connectivity index is 2.19. The molecule has 1 aliphatic heterocycles. The van der Waals surface area contributed by atoms with Gasteiger partial charge in [0.15, 0.2) is 0 Å². The van der Waals surface area contributed by atoms with Gasteiger partial charge in [-0.2, -0.15) is 0 Å². The monoisotopic (exact) mass is 338 g/mol. The fourth-order valence-corrected chi connectivity index (χ4v) is 2.84. The van der Waals surface area contributed by atoms with Gasteiger partial charge < -0.3 is 15.2 Å². The number of aliphatic hydroxyl groups is 1. The van der Waals surface area contributed by atoms with E-state index in [1.165, 1.54) is 12.1 Å². The van der Waals surface area contributed by atoms with E-state index in [1.54, 1.807) is 6.07 Å². The summed E-state index contributed by atoms with van der Waals surface area (Å²) in [4.78, 5) is 2.18. The molecule has 0 saturated carbocycles. The fraction of sp³-hybridized carbons (Fsp3) is 0.571. The summed E-state index contributed by atoms with van der Waals surface area (Å²) in [6.07, 6.45) is -4.27. The first-order valence-corrected chi connectivity index (χ1v) is 7.39. The highest BCUT2D eigenvalue weighted by molar-refractivity contribution is 6.32. The number of halogens is 4. The third kappa shape index (κ3) is 4.74. The van der Waals surface area contributed by atoms with Crippen molar-refractivity contribution in [3.05, 3.63) is 28.8 Å². The maximum atomic E-state index is 12.3. The van der Waals surface area contributed by atoms with Crippen LogP contribution in [0.3, 0.4) is 0 Å². The first kappa shape index (κ1) is 17.3. The lowest BCUT2D eigenvalue weighted by Crippen LogP contribution is -2.45. The molecule has 1 heterocycles. The van der Waals surface area contributed by atoms with Crippen LogP contribution in [0.5, 0.6) is 5.75 Å². The highest BCUT2D eigenvalue weighted by Gasteiger charge is 2.32. The smallest absolute Gasteiger partial charge is 0.404 e. The van der Waals surface area contributed by atoms with Crippen molar-refractivity contribution in [2.24, 2.45) is 0 Å². The van der Waals surface area contributed by atoms with Crippen LogP contribution in [0.1, 0.15) is 18.0 Å². The van der Waals surface area contributed by atoms with Crippen LogP contribution in [0.15, 0.2) is 18.2 Å². The normalized spacial score (nSPS) is 18.2. The third-order valence-electron chi connectivity index (χ3n) is 3.56. The Morgan fingerprint density at radius 2 is 2.00 bits per heavy atom. The van der Waals surface area contributed by atoms with Crippen LogP contribution in [0.4, 0.5) is 13.2 Å². The first-order valence-electron chi connectivity index (χ1n) is 7.01. The summed E-state index contributed by atoms with van der Waals surface area (Å²) in [5, 5.41) is 12.4. The second-order valence-electron chi connectivity index (χ2n) is 5.05. The van der Waals surface area contributed by atoms with Gasteiger partial charge in [-0.25, -0.2) is 0 Å². The van der Waals surface area contributed by atoms with E-state index in [9.17, 15) is 18.3 Å². The van der Waals surface area contributed by atoms with Crippen molar-refractivity contribution in [2.75, 3.05) is 32.8 Å². The molecule has 2 rings (SSSR count). The number of aliphatic hydroxyl groups excluding tert-OH is 1. The van der Waals surface area contributed by atoms with Gasteiger partial charge in [-0.3, -0.25) is 4.90 Å². The van der Waals surface area contributed by atoms with Gasteiger partial charge in [-0.1, -0.05) is 17.7 Å². The van der Waals surface area contributed by atoms with Gasteiger partial charge in [0.2, 0.25) is 0 Å². The van der Waals surface area contributed by atoms with Crippen LogP contribution < -0.4 is 10.1 Å². The van der Waals surface area contributed by atoms with Crippen molar-refractivity contribution in [1.29, 1.82) is 0 Å². The lowest BCUT2D eigenvalue weighted by atomic mass is 10.0. The number of ether oxygens (including phenoxy) is 1. The van der Waals surface area contributed by atoms with E-state index in [-0.39, 0.29) is 17.7 Å². The van der Waals surface area contributed by atoms with E-state index < -0.39 is 12.1 Å². The van der Waals surface area contributed by atoms with Gasteiger partial charge in [0.1, 0.15) is 5.75 Å². The quantitative estimate of drug-likeness (QED) is 0.866. The lowest BCUT2D eigenvalue weighted by Gasteiger charge is -2.35. The van der Waals surface area contributed by atoms with Crippen molar-refractivity contribution in [3.63, 3.8) is 0 Å². The van der Waals surface area contributed by atoms with Crippen LogP contribution >= 0.6 is 11.6 Å². The summed E-state index contributed by atoms with van der Waals surface area (Å²) in [5.74, 6) is -0.416. The van der Waals surface area contributed by atoms with E-state index in [2.05, 4.69) is 15.0 Å². The van der Waals surface area contributed by atoms with Crippen LogP contribution in [0, 0.1) is 0 Å². The molecule has 1 saturated heterocycles. The Morgan fingerprint density at radius 3 is 2.55 bits per heavy atom. The van der Waals surface area contributed by atoms with Crippen molar-refractivity contribution in [2.45, 2.75) is 18.8 Å². The molecule has 0 bridgehead atoms. The number of benzene rings is 1. The second kappa shape index (κ2) is 7.50. The summed E-state index contributed by atoms with van der Waals surface area (Å²) in [6.45, 7) is 3.29. The summed E-state index contributed by atoms with van der Waals surface area (Å²) in [6, 6.07) is 4.18. The largest absolute Gasteiger partial charge is 0.573 e. The minimum Gasteiger partial charge on any atom is -0.404 e. The molecule has 0 aliphatic carbocycles. The number of hydrogen-bond donors (Lipinski definition) is 2. The Bertz CT molecular complexity index is 493. The van der Waals surface area contributed by atoms with Gasteiger partial charge in [0.05, 0.1) is 5.02 Å². The molecule has 1 atom stereocenters. The van der Waals surface area contributed by atoms with E-state index in [4.69, 9.17) is 11.6 Å². The highest BCUT2D eigenvalue weighted by Crippen LogP contribution is 2.34. The van der Waals surface area contributed by atoms with Gasteiger partial charge in [-0.15, -0.1) is 13.2 Å². The summed E-state index contributed by atoms with van der Waals surface area (Å²) >= 11 is 5.90. The van der Waals surface area contributed by atoms with E-state index >= 15 is 0 Å². The molecular weight excluding hydrogens is 321 g/mol. The number of piperazine rings is 1. The molecule has 0 amide bonds. The van der Waals surface area contributed by atoms with E-state index in [0.29, 0.717) is 6.42 Å². The molecule has 2 N–H and O–H groups in total. The van der Waals surface area contributed by atoms with Crippen molar-refractivity contribution in [1.82, 2.24) is 10.2 Å². The Hall–Kier alpha value is -1.02. The Labute approximate surface area is 131 Å². The molecule has 1 aromatic rings. The van der Waals surface area contributed by atoms with E-state index in [1.807, 2.05) is 0 Å². The zero-order valence-electron chi connectivity index (χ0n) is 11.9. The van der Waals surface area contributed by atoms with E-state index in [0.717, 1.165) is 31.7 Å². The summed E-state index contributed by atoms with van der Waals surface area (Å²) in [5.41, 5.74) is 0.774. The summed E-state index contributed by atoms with van der Waals surface area (Å²) in [7, 11) is 0. The average Bonchev–Trinajstić information content (AvgIpc) is 2.47. The minimum atomic E-state index is -4.77. The van der Waals surface area contributed by atoms with Gasteiger partial charge in [-0.05, 0) is 24.1 Å². The first-order chi connectivity index (χ1) is 10.4. The lowest BCUT2D eigenvalue weighted by molar-refractivity contribution is -0.274. The SMILES string of the molecule is OCC[C@@H](c1ccc(OC(F)(F)F)c(Cl)c1)N1CCNCC1. The van der Waals surface area contributed by atoms with Gasteiger partial charge in [0.25, 0.3) is 0 Å². The fourth-order valence-electron chi connectivity index (χ4n) is 2.61. The molecule has 1 aromatic carbocycles. The van der Waals surface area contributed by atoms with Gasteiger partial charge in [0, 0.05) is 38.8 Å². The van der Waals surface area contributed by atoms with Crippen molar-refractivity contribution in [3.8, 4) is 5.75 Å². The molecule has 8 heteroatoms. The van der Waals surface area contributed by atoms with Crippen molar-refractivity contribution >= 4 is 11.6 Å². The standard InChI is InChI=1S/C14H18ClF3N2O2/c15-11-9-10(1-2-13(11)22-14(16,17)18)12(3-8-21)20-6-4-19-5-7-20/h1-2,9,12,19,21H,3-8H2/t12-/m0/s1. The molecule has 0 aromatic heterocycles. The number of nitrogens with zero attached hydrogens (tertiary/aromatic N) is 1. The Morgan fingerprint density at radius 1 is 1.32 bits per heavy atom. The zero-order valence-corrected chi connectivity index (χ0v) is 12.6. The zero-order chi connectivity index (χ0) is 16.2. The maximum absolute atomic E-state index is 12.3. The maximum Gasteiger partial charge on any atom is 0.573 e. The summed E-state index contributed by atoms with van der Waals surface area (Å²) < 4.78 is 40.7. The van der Waals surface area contributed by atoms with Crippen LogP contribution in [-0.2, 0) is 0 Å². The molecular formula is C14H18ClF3N2O2. The van der Waals surface area contributed by atoms with Crippen LogP contribution in [-0.4, -0.2) is 49.2 Å². The average molecular weight is 339 g/mol. The number of rotatable bonds is 5. The van der Waals surface area contributed by atoms with Gasteiger partial charge >= 0.3 is 6.36 Å². The number of hydrogen-bond acceptors (Lipinski definition) is 4. The highest BCUT2D eigenvalue weighted by atomic mass is 35.5. The molecule has 1 fully saturated rings. The molecule has 0 spiro atoms. The predicted octanol–water partition coefficient (Wildman–Crippen LogP) is 2.57. The molecule has 22 heavy (non-hydrogen) atoms. The Kier molecular flexibility index (Phi) is 5.91. The molecule has 4 nitrogen and oxygen atoms in total. The van der Waals surface area contributed by atoms with Crippen LogP contribution in [0.2, 0.25) is 5.02 Å².